The molecule has 0 saturated carbocycles. The molecule has 2 rings (SSSR count). The summed E-state index contributed by atoms with van der Waals surface area (Å²) in [6, 6.07) is 8.11. The Morgan fingerprint density at radius 3 is 2.56 bits per heavy atom. The van der Waals surface area contributed by atoms with Gasteiger partial charge in [0.2, 0.25) is 0 Å². The number of nitrogen functional groups attached to an aromatic ring is 1. The van der Waals surface area contributed by atoms with Crippen LogP contribution in [0.25, 0.3) is 0 Å². The third-order valence-electron chi connectivity index (χ3n) is 2.57. The predicted molar refractivity (Wildman–Crippen MR) is 75.3 cm³/mol. The molecule has 2 nitrogen and oxygen atoms in total. The average Bonchev–Trinajstić information content (AvgIpc) is 2.30. The molecule has 3 N–H and O–H groups in total. The number of hydrogen-bond donors (Lipinski definition) is 2. The van der Waals surface area contributed by atoms with Gasteiger partial charge in [0.25, 0.3) is 0 Å². The van der Waals surface area contributed by atoms with E-state index in [0.717, 1.165) is 5.56 Å². The third-order valence-corrected chi connectivity index (χ3v) is 3.18. The Kier molecular flexibility index (Phi) is 3.64. The minimum Gasteiger partial charge on any atom is -0.397 e. The smallest absolute Gasteiger partial charge is 0.144 e. The van der Waals surface area contributed by atoms with Crippen molar-refractivity contribution in [3.8, 4) is 0 Å². The van der Waals surface area contributed by atoms with Gasteiger partial charge in [0.05, 0.1) is 27.1 Å². The number of benzene rings is 2. The van der Waals surface area contributed by atoms with Gasteiger partial charge in [-0.1, -0.05) is 35.3 Å². The summed E-state index contributed by atoms with van der Waals surface area (Å²) >= 11 is 11.7. The summed E-state index contributed by atoms with van der Waals surface area (Å²) in [5.74, 6) is -0.530. The van der Waals surface area contributed by atoms with Gasteiger partial charge in [-0.15, -0.1) is 0 Å². The number of hydrogen-bond acceptors (Lipinski definition) is 2. The van der Waals surface area contributed by atoms with Gasteiger partial charge in [0, 0.05) is 6.07 Å². The molecule has 0 unspecified atom stereocenters. The largest absolute Gasteiger partial charge is 0.397 e. The van der Waals surface area contributed by atoms with Gasteiger partial charge in [-0.2, -0.15) is 0 Å². The molecule has 5 heteroatoms. The van der Waals surface area contributed by atoms with Gasteiger partial charge in [0.15, 0.2) is 0 Å². The lowest BCUT2D eigenvalue weighted by Gasteiger charge is -2.13. The second-order valence-corrected chi connectivity index (χ2v) is 4.72. The normalized spacial score (nSPS) is 10.4. The zero-order chi connectivity index (χ0) is 13.3. The van der Waals surface area contributed by atoms with E-state index in [1.54, 1.807) is 6.07 Å². The third kappa shape index (κ3) is 2.52. The molecule has 2 aromatic carbocycles. The van der Waals surface area contributed by atoms with E-state index in [9.17, 15) is 4.39 Å². The maximum absolute atomic E-state index is 13.4. The van der Waals surface area contributed by atoms with Crippen LogP contribution in [0, 0.1) is 12.7 Å². The molecule has 0 saturated heterocycles. The number of rotatable bonds is 2. The van der Waals surface area contributed by atoms with E-state index in [1.807, 2.05) is 19.1 Å². The monoisotopic (exact) mass is 284 g/mol. The lowest BCUT2D eigenvalue weighted by atomic mass is 10.2. The molecule has 0 aliphatic heterocycles. The van der Waals surface area contributed by atoms with Crippen molar-refractivity contribution in [2.24, 2.45) is 0 Å². The summed E-state index contributed by atoms with van der Waals surface area (Å²) < 4.78 is 13.4. The van der Waals surface area contributed by atoms with Crippen molar-refractivity contribution >= 4 is 40.3 Å². The summed E-state index contributed by atoms with van der Waals surface area (Å²) in [5, 5.41) is 3.56. The average molecular weight is 285 g/mol. The lowest BCUT2D eigenvalue weighted by molar-refractivity contribution is 0.629. The highest BCUT2D eigenvalue weighted by Gasteiger charge is 2.09. The Morgan fingerprint density at radius 2 is 1.89 bits per heavy atom. The SMILES string of the molecule is Cc1cccc(Cl)c1Nc1cc(F)c(Cl)cc1N. The van der Waals surface area contributed by atoms with Gasteiger partial charge in [-0.05, 0) is 24.6 Å². The van der Waals surface area contributed by atoms with Crippen LogP contribution in [0.2, 0.25) is 10.0 Å². The molecular weight excluding hydrogens is 274 g/mol. The highest BCUT2D eigenvalue weighted by Crippen LogP contribution is 2.33. The summed E-state index contributed by atoms with van der Waals surface area (Å²) in [6.45, 7) is 1.90. The molecule has 0 fully saturated rings. The van der Waals surface area contributed by atoms with Crippen molar-refractivity contribution in [1.82, 2.24) is 0 Å². The van der Waals surface area contributed by atoms with E-state index in [0.29, 0.717) is 22.1 Å². The van der Waals surface area contributed by atoms with Crippen molar-refractivity contribution in [2.45, 2.75) is 6.92 Å². The van der Waals surface area contributed by atoms with Gasteiger partial charge >= 0.3 is 0 Å². The topological polar surface area (TPSA) is 38.0 Å². The Morgan fingerprint density at radius 1 is 1.17 bits per heavy atom. The molecule has 0 heterocycles. The van der Waals surface area contributed by atoms with E-state index < -0.39 is 5.82 Å². The van der Waals surface area contributed by atoms with E-state index in [2.05, 4.69) is 5.32 Å². The van der Waals surface area contributed by atoms with E-state index >= 15 is 0 Å². The zero-order valence-electron chi connectivity index (χ0n) is 9.60. The first-order valence-electron chi connectivity index (χ1n) is 5.25. The number of anilines is 3. The molecule has 2 aromatic rings. The highest BCUT2D eigenvalue weighted by molar-refractivity contribution is 6.33. The van der Waals surface area contributed by atoms with Crippen molar-refractivity contribution in [3.05, 3.63) is 51.8 Å². The Balaban J connectivity index is 2.43. The zero-order valence-corrected chi connectivity index (χ0v) is 11.1. The molecular formula is C13H11Cl2FN2. The highest BCUT2D eigenvalue weighted by atomic mass is 35.5. The molecule has 0 spiro atoms. The maximum Gasteiger partial charge on any atom is 0.144 e. The van der Waals surface area contributed by atoms with E-state index in [1.165, 1.54) is 12.1 Å². The molecule has 0 atom stereocenters. The van der Waals surface area contributed by atoms with Crippen LogP contribution in [0.5, 0.6) is 0 Å². The number of aryl methyl sites for hydroxylation is 1. The van der Waals surface area contributed by atoms with Crippen LogP contribution < -0.4 is 11.1 Å². The summed E-state index contributed by atoms with van der Waals surface area (Å²) in [7, 11) is 0. The van der Waals surface area contributed by atoms with Crippen LogP contribution in [0.3, 0.4) is 0 Å². The quantitative estimate of drug-likeness (QED) is 0.780. The van der Waals surface area contributed by atoms with Crippen LogP contribution in [0.15, 0.2) is 30.3 Å². The molecule has 94 valence electrons. The van der Waals surface area contributed by atoms with Crippen LogP contribution in [0.4, 0.5) is 21.5 Å². The molecule has 18 heavy (non-hydrogen) atoms. The van der Waals surface area contributed by atoms with Gasteiger partial charge < -0.3 is 11.1 Å². The number of halogens is 3. The summed E-state index contributed by atoms with van der Waals surface area (Å²) in [4.78, 5) is 0. The fraction of sp³-hybridized carbons (Fsp3) is 0.0769. The van der Waals surface area contributed by atoms with Crippen LogP contribution in [-0.2, 0) is 0 Å². The van der Waals surface area contributed by atoms with Crippen molar-refractivity contribution < 1.29 is 4.39 Å². The molecule has 0 aliphatic carbocycles. The second-order valence-electron chi connectivity index (χ2n) is 3.91. The van der Waals surface area contributed by atoms with Gasteiger partial charge in [-0.3, -0.25) is 0 Å². The minimum atomic E-state index is -0.530. The van der Waals surface area contributed by atoms with Crippen LogP contribution in [0.1, 0.15) is 5.56 Å². The minimum absolute atomic E-state index is 0.00562. The standard InChI is InChI=1S/C13H11Cl2FN2/c1-7-3-2-4-8(14)13(7)18-12-6-10(16)9(15)5-11(12)17/h2-6,18H,17H2,1H3. The lowest BCUT2D eigenvalue weighted by Crippen LogP contribution is -1.99. The molecule has 0 bridgehead atoms. The predicted octanol–water partition coefficient (Wildman–Crippen LogP) is 4.77. The number of nitrogens with one attached hydrogen (secondary N) is 1. The number of nitrogens with two attached hydrogens (primary N) is 1. The number of para-hydroxylation sites is 1. The van der Waals surface area contributed by atoms with Gasteiger partial charge in [-0.25, -0.2) is 4.39 Å². The first-order valence-corrected chi connectivity index (χ1v) is 6.01. The summed E-state index contributed by atoms with van der Waals surface area (Å²) in [5.41, 5.74) is 8.22. The van der Waals surface area contributed by atoms with E-state index in [4.69, 9.17) is 28.9 Å². The van der Waals surface area contributed by atoms with E-state index in [-0.39, 0.29) is 5.02 Å². The Bertz CT molecular complexity index is 580. The Hall–Kier alpha value is -1.45. The fourth-order valence-corrected chi connectivity index (χ4v) is 2.04. The molecule has 0 aliphatic rings. The first-order chi connectivity index (χ1) is 8.49. The fourth-order valence-electron chi connectivity index (χ4n) is 1.60. The molecule has 0 aromatic heterocycles. The van der Waals surface area contributed by atoms with Crippen LogP contribution in [-0.4, -0.2) is 0 Å². The van der Waals surface area contributed by atoms with Crippen molar-refractivity contribution in [3.63, 3.8) is 0 Å². The van der Waals surface area contributed by atoms with Crippen molar-refractivity contribution in [1.29, 1.82) is 0 Å². The molecule has 0 amide bonds. The van der Waals surface area contributed by atoms with Crippen LogP contribution >= 0.6 is 23.2 Å². The Labute approximate surface area is 115 Å². The molecule has 0 radical (unpaired) electrons. The van der Waals surface area contributed by atoms with Gasteiger partial charge in [0.1, 0.15) is 5.82 Å². The second kappa shape index (κ2) is 5.04. The summed E-state index contributed by atoms with van der Waals surface area (Å²) in [6.07, 6.45) is 0. The maximum atomic E-state index is 13.4. The van der Waals surface area contributed by atoms with Crippen molar-refractivity contribution in [2.75, 3.05) is 11.1 Å². The first kappa shape index (κ1) is 13.0.